The number of amides is 1. The standard InChI is InChI=1S/C17H15BrClN5O/c1-10-3-8-15(14(18)9-10)20-17(25)11(2)24-22-16(21-23-24)12-4-6-13(19)7-5-12/h3-9,11H,1-2H3,(H,20,25). The number of rotatable bonds is 4. The number of carbonyl (C=O) groups is 1. The Morgan fingerprint density at radius 3 is 2.64 bits per heavy atom. The van der Waals surface area contributed by atoms with E-state index in [0.717, 1.165) is 15.6 Å². The second-order valence-corrected chi connectivity index (χ2v) is 6.88. The van der Waals surface area contributed by atoms with Crippen molar-refractivity contribution in [3.8, 4) is 11.4 Å². The van der Waals surface area contributed by atoms with E-state index in [-0.39, 0.29) is 5.91 Å². The van der Waals surface area contributed by atoms with E-state index < -0.39 is 6.04 Å². The number of hydrogen-bond acceptors (Lipinski definition) is 4. The van der Waals surface area contributed by atoms with Gasteiger partial charge in [0.25, 0.3) is 5.91 Å². The number of nitrogens with one attached hydrogen (secondary N) is 1. The van der Waals surface area contributed by atoms with Crippen molar-refractivity contribution >= 4 is 39.1 Å². The number of benzene rings is 2. The number of nitrogens with zero attached hydrogens (tertiary/aromatic N) is 4. The van der Waals surface area contributed by atoms with E-state index in [1.54, 1.807) is 31.2 Å². The Morgan fingerprint density at radius 2 is 1.96 bits per heavy atom. The minimum absolute atomic E-state index is 0.232. The van der Waals surface area contributed by atoms with Crippen molar-refractivity contribution in [2.24, 2.45) is 0 Å². The highest BCUT2D eigenvalue weighted by atomic mass is 79.9. The maximum absolute atomic E-state index is 12.5. The average Bonchev–Trinajstić information content (AvgIpc) is 3.07. The van der Waals surface area contributed by atoms with E-state index in [2.05, 4.69) is 36.7 Å². The lowest BCUT2D eigenvalue weighted by Crippen LogP contribution is -2.25. The first kappa shape index (κ1) is 17.6. The number of aryl methyl sites for hydroxylation is 1. The molecule has 0 fully saturated rings. The van der Waals surface area contributed by atoms with E-state index in [1.165, 1.54) is 4.80 Å². The molecule has 128 valence electrons. The Balaban J connectivity index is 1.75. The molecular weight excluding hydrogens is 406 g/mol. The summed E-state index contributed by atoms with van der Waals surface area (Å²) in [6.45, 7) is 3.70. The van der Waals surface area contributed by atoms with Crippen LogP contribution in [0.15, 0.2) is 46.9 Å². The molecule has 0 aliphatic heterocycles. The second kappa shape index (κ2) is 7.33. The van der Waals surface area contributed by atoms with E-state index in [1.807, 2.05) is 25.1 Å². The molecule has 1 heterocycles. The molecule has 3 rings (SSSR count). The maximum Gasteiger partial charge on any atom is 0.250 e. The summed E-state index contributed by atoms with van der Waals surface area (Å²) in [4.78, 5) is 13.8. The zero-order valence-corrected chi connectivity index (χ0v) is 15.9. The lowest BCUT2D eigenvalue weighted by molar-refractivity contribution is -0.119. The average molecular weight is 421 g/mol. The van der Waals surface area contributed by atoms with Gasteiger partial charge in [-0.25, -0.2) is 0 Å². The molecule has 1 atom stereocenters. The first-order valence-corrected chi connectivity index (χ1v) is 8.73. The predicted molar refractivity (Wildman–Crippen MR) is 100 cm³/mol. The number of halogens is 2. The quantitative estimate of drug-likeness (QED) is 0.684. The highest BCUT2D eigenvalue weighted by molar-refractivity contribution is 9.10. The highest BCUT2D eigenvalue weighted by Crippen LogP contribution is 2.24. The van der Waals surface area contributed by atoms with Gasteiger partial charge in [-0.2, -0.15) is 4.80 Å². The van der Waals surface area contributed by atoms with Crippen LogP contribution >= 0.6 is 27.5 Å². The van der Waals surface area contributed by atoms with Crippen molar-refractivity contribution in [2.45, 2.75) is 19.9 Å². The summed E-state index contributed by atoms with van der Waals surface area (Å²) < 4.78 is 0.821. The fourth-order valence-electron chi connectivity index (χ4n) is 2.17. The van der Waals surface area contributed by atoms with Crippen LogP contribution in [-0.2, 0) is 4.79 Å². The summed E-state index contributed by atoms with van der Waals surface area (Å²) in [7, 11) is 0. The van der Waals surface area contributed by atoms with Gasteiger partial charge in [-0.1, -0.05) is 17.7 Å². The van der Waals surface area contributed by atoms with Crippen LogP contribution in [0.1, 0.15) is 18.5 Å². The SMILES string of the molecule is Cc1ccc(NC(=O)C(C)n2nnc(-c3ccc(Cl)cc3)n2)c(Br)c1. The Bertz CT molecular complexity index is 910. The fourth-order valence-corrected chi connectivity index (χ4v) is 2.89. The van der Waals surface area contributed by atoms with Gasteiger partial charge in [0.1, 0.15) is 6.04 Å². The monoisotopic (exact) mass is 419 g/mol. The molecule has 1 amide bonds. The van der Waals surface area contributed by atoms with Crippen molar-refractivity contribution in [1.82, 2.24) is 20.2 Å². The smallest absolute Gasteiger partial charge is 0.250 e. The molecule has 1 unspecified atom stereocenters. The Morgan fingerprint density at radius 1 is 1.24 bits per heavy atom. The van der Waals surface area contributed by atoms with Gasteiger partial charge in [-0.15, -0.1) is 10.2 Å². The summed E-state index contributed by atoms with van der Waals surface area (Å²) in [6, 6.07) is 12.2. The fraction of sp³-hybridized carbons (Fsp3) is 0.176. The molecule has 0 radical (unpaired) electrons. The van der Waals surface area contributed by atoms with Gasteiger partial charge in [-0.05, 0) is 77.0 Å². The zero-order chi connectivity index (χ0) is 18.0. The summed E-state index contributed by atoms with van der Waals surface area (Å²) in [5, 5.41) is 15.8. The van der Waals surface area contributed by atoms with Crippen LogP contribution in [0.5, 0.6) is 0 Å². The molecule has 1 aromatic heterocycles. The van der Waals surface area contributed by atoms with Crippen molar-refractivity contribution in [2.75, 3.05) is 5.32 Å². The normalized spacial score (nSPS) is 12.0. The van der Waals surface area contributed by atoms with E-state index in [0.29, 0.717) is 16.5 Å². The summed E-state index contributed by atoms with van der Waals surface area (Å²) >= 11 is 9.32. The van der Waals surface area contributed by atoms with E-state index >= 15 is 0 Å². The van der Waals surface area contributed by atoms with Crippen LogP contribution in [-0.4, -0.2) is 26.1 Å². The molecule has 1 N–H and O–H groups in total. The first-order valence-electron chi connectivity index (χ1n) is 7.56. The molecule has 3 aromatic rings. The van der Waals surface area contributed by atoms with Crippen LogP contribution < -0.4 is 5.32 Å². The topological polar surface area (TPSA) is 72.7 Å². The van der Waals surface area contributed by atoms with Gasteiger partial charge in [-0.3, -0.25) is 4.79 Å². The van der Waals surface area contributed by atoms with E-state index in [9.17, 15) is 4.79 Å². The van der Waals surface area contributed by atoms with Crippen LogP contribution in [0.25, 0.3) is 11.4 Å². The summed E-state index contributed by atoms with van der Waals surface area (Å²) in [5.74, 6) is 0.206. The molecule has 2 aromatic carbocycles. The molecule has 8 heteroatoms. The van der Waals surface area contributed by atoms with Gasteiger partial charge in [0, 0.05) is 15.1 Å². The largest absolute Gasteiger partial charge is 0.323 e. The lowest BCUT2D eigenvalue weighted by atomic mass is 10.2. The molecule has 0 spiro atoms. The van der Waals surface area contributed by atoms with Gasteiger partial charge >= 0.3 is 0 Å². The van der Waals surface area contributed by atoms with Crippen LogP contribution in [0.2, 0.25) is 5.02 Å². The first-order chi connectivity index (χ1) is 11.9. The third-order valence-electron chi connectivity index (χ3n) is 3.64. The minimum atomic E-state index is -0.609. The number of hydrogen-bond donors (Lipinski definition) is 1. The molecule has 0 bridgehead atoms. The zero-order valence-electron chi connectivity index (χ0n) is 13.6. The van der Waals surface area contributed by atoms with Crippen LogP contribution in [0.4, 0.5) is 5.69 Å². The lowest BCUT2D eigenvalue weighted by Gasteiger charge is -2.12. The molecule has 0 saturated heterocycles. The molecule has 0 saturated carbocycles. The molecule has 0 aliphatic rings. The van der Waals surface area contributed by atoms with Crippen molar-refractivity contribution in [3.05, 3.63) is 57.5 Å². The van der Waals surface area contributed by atoms with Gasteiger partial charge in [0.2, 0.25) is 5.82 Å². The number of tetrazole rings is 1. The van der Waals surface area contributed by atoms with Crippen molar-refractivity contribution in [3.63, 3.8) is 0 Å². The highest BCUT2D eigenvalue weighted by Gasteiger charge is 2.19. The van der Waals surface area contributed by atoms with E-state index in [4.69, 9.17) is 11.6 Å². The summed E-state index contributed by atoms with van der Waals surface area (Å²) in [5.41, 5.74) is 2.58. The molecular formula is C17H15BrClN5O. The maximum atomic E-state index is 12.5. The third-order valence-corrected chi connectivity index (χ3v) is 4.55. The third kappa shape index (κ3) is 4.05. The number of carbonyl (C=O) groups excluding carboxylic acids is 1. The molecule has 0 aliphatic carbocycles. The van der Waals surface area contributed by atoms with Crippen molar-refractivity contribution in [1.29, 1.82) is 0 Å². The molecule has 6 nitrogen and oxygen atoms in total. The van der Waals surface area contributed by atoms with Crippen LogP contribution in [0, 0.1) is 6.92 Å². The van der Waals surface area contributed by atoms with Crippen molar-refractivity contribution < 1.29 is 4.79 Å². The Kier molecular flexibility index (Phi) is 5.15. The summed E-state index contributed by atoms with van der Waals surface area (Å²) in [6.07, 6.45) is 0. The number of aromatic nitrogens is 4. The van der Waals surface area contributed by atoms with Crippen LogP contribution in [0.3, 0.4) is 0 Å². The Labute approximate surface area is 158 Å². The Hall–Kier alpha value is -2.25. The van der Waals surface area contributed by atoms with Gasteiger partial charge < -0.3 is 5.32 Å². The predicted octanol–water partition coefficient (Wildman–Crippen LogP) is 4.26. The molecule has 25 heavy (non-hydrogen) atoms. The van der Waals surface area contributed by atoms with Gasteiger partial charge in [0.05, 0.1) is 5.69 Å². The second-order valence-electron chi connectivity index (χ2n) is 5.59. The van der Waals surface area contributed by atoms with Gasteiger partial charge in [0.15, 0.2) is 0 Å². The minimum Gasteiger partial charge on any atom is -0.323 e. The number of anilines is 1.